The van der Waals surface area contributed by atoms with Crippen LogP contribution in [0.4, 0.5) is 0 Å². The van der Waals surface area contributed by atoms with E-state index in [0.29, 0.717) is 5.56 Å². The lowest BCUT2D eigenvalue weighted by molar-refractivity contribution is -0.231. The molecule has 1 saturated carbocycles. The van der Waals surface area contributed by atoms with Crippen molar-refractivity contribution in [1.29, 1.82) is 0 Å². The Bertz CT molecular complexity index is 1500. The smallest absolute Gasteiger partial charge is 0.321 e. The van der Waals surface area contributed by atoms with Gasteiger partial charge in [0.1, 0.15) is 18.0 Å². The van der Waals surface area contributed by atoms with Crippen molar-refractivity contribution in [3.8, 4) is 5.75 Å². The van der Waals surface area contributed by atoms with E-state index in [9.17, 15) is 55.2 Å². The Kier molecular flexibility index (Phi) is 7.87. The second kappa shape index (κ2) is 11.0. The lowest BCUT2D eigenvalue weighted by Crippen LogP contribution is -2.44. The van der Waals surface area contributed by atoms with Gasteiger partial charge in [0.05, 0.1) is 24.7 Å². The van der Waals surface area contributed by atoms with Gasteiger partial charge in [0.2, 0.25) is 5.79 Å². The summed E-state index contributed by atoms with van der Waals surface area (Å²) in [5.74, 6) is -7.15. The minimum atomic E-state index is -2.57. The number of benzene rings is 1. The second-order valence-corrected chi connectivity index (χ2v) is 11.2. The van der Waals surface area contributed by atoms with Crippen LogP contribution in [0, 0.1) is 5.41 Å². The SMILES string of the molecule is O=C(O)C(CCOC1CCC(O)C(CO)O1)(Cc1cc2c3c(ccc(O)c3c(=O)c1)C1CC(=C2)C(O)(O)C1O)C(=O)O. The first kappa shape index (κ1) is 30.0. The maximum Gasteiger partial charge on any atom is 0.321 e. The Morgan fingerprint density at radius 2 is 1.79 bits per heavy atom. The molecule has 2 aromatic rings. The molecule has 13 heteroatoms. The molecule has 1 heterocycles. The van der Waals surface area contributed by atoms with E-state index in [0.717, 1.165) is 6.07 Å². The highest BCUT2D eigenvalue weighted by Crippen LogP contribution is 2.50. The zero-order valence-corrected chi connectivity index (χ0v) is 22.3. The number of aliphatic hydroxyl groups is 5. The van der Waals surface area contributed by atoms with Crippen LogP contribution in [0.2, 0.25) is 0 Å². The molecular formula is C29H32O13. The molecule has 2 fully saturated rings. The van der Waals surface area contributed by atoms with Gasteiger partial charge < -0.3 is 50.3 Å². The fourth-order valence-electron chi connectivity index (χ4n) is 6.24. The quantitative estimate of drug-likeness (QED) is 0.140. The average molecular weight is 589 g/mol. The molecule has 3 aliphatic rings. The number of aromatic hydroxyl groups is 1. The first-order chi connectivity index (χ1) is 19.8. The summed E-state index contributed by atoms with van der Waals surface area (Å²) in [6.07, 6.45) is -3.62. The topological polar surface area (TPSA) is 232 Å². The molecule has 2 bridgehead atoms. The molecule has 2 aliphatic carbocycles. The van der Waals surface area contributed by atoms with Crippen molar-refractivity contribution in [3.05, 3.63) is 56.8 Å². The number of ether oxygens (including phenoxy) is 2. The monoisotopic (exact) mass is 588 g/mol. The summed E-state index contributed by atoms with van der Waals surface area (Å²) in [6.45, 7) is -0.836. The van der Waals surface area contributed by atoms with Gasteiger partial charge in [0.15, 0.2) is 17.1 Å². The normalized spacial score (nSPS) is 26.5. The third-order valence-electron chi connectivity index (χ3n) is 8.63. The minimum Gasteiger partial charge on any atom is -0.507 e. The number of phenolic OH excluding ortho intramolecular Hbond substituents is 1. The number of aliphatic carboxylic acids is 2. The van der Waals surface area contributed by atoms with Crippen molar-refractivity contribution < 1.29 is 59.9 Å². The zero-order chi connectivity index (χ0) is 30.6. The Morgan fingerprint density at radius 3 is 2.45 bits per heavy atom. The van der Waals surface area contributed by atoms with Crippen LogP contribution in [-0.4, -0.2) is 96.4 Å². The highest BCUT2D eigenvalue weighted by molar-refractivity contribution is 6.00. The van der Waals surface area contributed by atoms with Crippen LogP contribution in [0.3, 0.4) is 0 Å². The van der Waals surface area contributed by atoms with Gasteiger partial charge in [-0.25, -0.2) is 0 Å². The number of fused-ring (bicyclic) bond motifs is 3. The van der Waals surface area contributed by atoms with Crippen LogP contribution >= 0.6 is 0 Å². The van der Waals surface area contributed by atoms with Crippen LogP contribution in [0.5, 0.6) is 5.75 Å². The molecular weight excluding hydrogens is 556 g/mol. The number of rotatable bonds is 9. The molecule has 226 valence electrons. The lowest BCUT2D eigenvalue weighted by Gasteiger charge is -2.33. The van der Waals surface area contributed by atoms with Crippen LogP contribution in [0.1, 0.15) is 48.3 Å². The number of phenols is 1. The summed E-state index contributed by atoms with van der Waals surface area (Å²) in [5.41, 5.74) is -2.56. The summed E-state index contributed by atoms with van der Waals surface area (Å²) in [4.78, 5) is 38.4. The first-order valence-corrected chi connectivity index (χ1v) is 13.5. The predicted octanol–water partition coefficient (Wildman–Crippen LogP) is -0.205. The maximum atomic E-state index is 13.4. The van der Waals surface area contributed by atoms with Gasteiger partial charge >= 0.3 is 11.9 Å². The van der Waals surface area contributed by atoms with Crippen molar-refractivity contribution in [2.75, 3.05) is 13.2 Å². The van der Waals surface area contributed by atoms with Gasteiger partial charge in [-0.1, -0.05) is 12.1 Å². The zero-order valence-electron chi connectivity index (χ0n) is 22.3. The van der Waals surface area contributed by atoms with Crippen molar-refractivity contribution in [3.63, 3.8) is 0 Å². The standard InChI is InChI=1S/C29H32O13/c30-12-21-18(31)3-4-22(42-21)41-6-5-28(26(35)36,27(37)38)11-13-7-14-9-15-10-17(25(34)29(15,39)40)16-1-2-19(32)24(23(14)16)20(33)8-13/h1-2,7-9,17-18,21-22,25,30-32,34,39-40H,3-6,10-12H2,(H,35,36)(H,37,38). The Morgan fingerprint density at radius 1 is 1.07 bits per heavy atom. The minimum absolute atomic E-state index is 0.00427. The van der Waals surface area contributed by atoms with E-state index in [-0.39, 0.29) is 59.1 Å². The summed E-state index contributed by atoms with van der Waals surface area (Å²) < 4.78 is 11.0. The third kappa shape index (κ3) is 4.96. The molecule has 0 aromatic heterocycles. The molecule has 5 atom stereocenters. The van der Waals surface area contributed by atoms with E-state index in [1.165, 1.54) is 24.3 Å². The summed E-state index contributed by atoms with van der Waals surface area (Å²) in [5, 5.41) is 82.0. The largest absolute Gasteiger partial charge is 0.507 e. The van der Waals surface area contributed by atoms with Crippen LogP contribution in [0.15, 0.2) is 34.6 Å². The maximum absolute atomic E-state index is 13.4. The Hall–Kier alpha value is -3.43. The van der Waals surface area contributed by atoms with Crippen LogP contribution in [0.25, 0.3) is 16.8 Å². The van der Waals surface area contributed by atoms with Crippen molar-refractivity contribution >= 4 is 28.8 Å². The van der Waals surface area contributed by atoms with Gasteiger partial charge in [0.25, 0.3) is 0 Å². The summed E-state index contributed by atoms with van der Waals surface area (Å²) in [7, 11) is 0. The molecule has 0 amide bonds. The molecule has 1 saturated heterocycles. The van der Waals surface area contributed by atoms with Crippen LogP contribution < -0.4 is 5.43 Å². The lowest BCUT2D eigenvalue weighted by atomic mass is 9.79. The number of carboxylic acid groups (broad SMARTS) is 2. The molecule has 2 aromatic carbocycles. The highest BCUT2D eigenvalue weighted by Gasteiger charge is 2.51. The fourth-order valence-corrected chi connectivity index (χ4v) is 6.24. The Labute approximate surface area is 238 Å². The summed E-state index contributed by atoms with van der Waals surface area (Å²) >= 11 is 0. The third-order valence-corrected chi connectivity index (χ3v) is 8.63. The molecule has 1 aliphatic heterocycles. The van der Waals surface area contributed by atoms with Crippen molar-refractivity contribution in [1.82, 2.24) is 0 Å². The van der Waals surface area contributed by atoms with E-state index in [2.05, 4.69) is 0 Å². The molecule has 42 heavy (non-hydrogen) atoms. The van der Waals surface area contributed by atoms with Crippen molar-refractivity contribution in [2.24, 2.45) is 5.41 Å². The number of hydrogen-bond donors (Lipinski definition) is 8. The molecule has 5 unspecified atom stereocenters. The van der Waals surface area contributed by atoms with E-state index in [1.807, 2.05) is 0 Å². The number of carboxylic acids is 2. The van der Waals surface area contributed by atoms with Crippen LogP contribution in [-0.2, 0) is 25.5 Å². The highest BCUT2D eigenvalue weighted by atomic mass is 16.7. The molecule has 0 radical (unpaired) electrons. The summed E-state index contributed by atoms with van der Waals surface area (Å²) in [6, 6.07) is 5.13. The molecule has 5 rings (SSSR count). The average Bonchev–Trinajstić information content (AvgIpc) is 3.05. The van der Waals surface area contributed by atoms with Gasteiger partial charge in [-0.3, -0.25) is 14.4 Å². The van der Waals surface area contributed by atoms with Gasteiger partial charge in [-0.15, -0.1) is 0 Å². The van der Waals surface area contributed by atoms with E-state index >= 15 is 0 Å². The first-order valence-electron chi connectivity index (χ1n) is 13.5. The number of carbonyl (C=O) groups is 2. The Balaban J connectivity index is 1.54. The predicted molar refractivity (Wildman–Crippen MR) is 143 cm³/mol. The van der Waals surface area contributed by atoms with Gasteiger partial charge in [-0.2, -0.15) is 0 Å². The van der Waals surface area contributed by atoms with Gasteiger partial charge in [0, 0.05) is 17.7 Å². The number of hydrogen-bond acceptors (Lipinski definition) is 11. The second-order valence-electron chi connectivity index (χ2n) is 11.2. The van der Waals surface area contributed by atoms with E-state index in [4.69, 9.17) is 9.47 Å². The van der Waals surface area contributed by atoms with Gasteiger partial charge in [-0.05, 0) is 66.2 Å². The number of aliphatic hydroxyl groups excluding tert-OH is 3. The molecule has 13 nitrogen and oxygen atoms in total. The van der Waals surface area contributed by atoms with E-state index < -0.39 is 78.5 Å². The molecule has 0 spiro atoms. The van der Waals surface area contributed by atoms with E-state index in [1.54, 1.807) is 0 Å². The molecule has 8 N–H and O–H groups in total. The fraction of sp³-hybridized carbons (Fsp3) is 0.483. The van der Waals surface area contributed by atoms with Crippen molar-refractivity contribution in [2.45, 2.75) is 68.4 Å².